The van der Waals surface area contributed by atoms with Crippen molar-refractivity contribution in [2.75, 3.05) is 5.32 Å². The molecule has 1 heterocycles. The molecule has 0 bridgehead atoms. The highest BCUT2D eigenvalue weighted by molar-refractivity contribution is 6.36. The molecule has 1 aromatic heterocycles. The van der Waals surface area contributed by atoms with Crippen LogP contribution < -0.4 is 5.32 Å². The van der Waals surface area contributed by atoms with Crippen LogP contribution in [0.25, 0.3) is 5.69 Å². The summed E-state index contributed by atoms with van der Waals surface area (Å²) in [5.74, 6) is -0.380. The Labute approximate surface area is 149 Å². The van der Waals surface area contributed by atoms with Crippen molar-refractivity contribution < 1.29 is 4.79 Å². The highest BCUT2D eigenvalue weighted by Gasteiger charge is 2.18. The van der Waals surface area contributed by atoms with Gasteiger partial charge in [0.25, 0.3) is 5.91 Å². The number of hydrogen-bond donors (Lipinski definition) is 1. The van der Waals surface area contributed by atoms with Crippen LogP contribution >= 0.6 is 23.2 Å². The van der Waals surface area contributed by atoms with Crippen LogP contribution in [0.4, 0.5) is 5.69 Å². The van der Waals surface area contributed by atoms with Gasteiger partial charge in [-0.3, -0.25) is 4.79 Å². The van der Waals surface area contributed by atoms with E-state index in [1.807, 2.05) is 31.2 Å². The van der Waals surface area contributed by atoms with E-state index >= 15 is 0 Å². The van der Waals surface area contributed by atoms with Gasteiger partial charge in [0.1, 0.15) is 0 Å². The molecular weight excluding hydrogens is 347 g/mol. The lowest BCUT2D eigenvalue weighted by Gasteiger charge is -2.07. The Morgan fingerprint density at radius 1 is 1.08 bits per heavy atom. The number of nitrogens with zero attached hydrogens (tertiary/aromatic N) is 3. The molecule has 2 aromatic carbocycles. The van der Waals surface area contributed by atoms with Gasteiger partial charge in [0.2, 0.25) is 0 Å². The Bertz CT molecular complexity index is 903. The van der Waals surface area contributed by atoms with Crippen LogP contribution in [0.2, 0.25) is 10.0 Å². The molecule has 1 amide bonds. The fraction of sp³-hybridized carbons (Fsp3) is 0.118. The van der Waals surface area contributed by atoms with Crippen LogP contribution in [0.15, 0.2) is 42.5 Å². The van der Waals surface area contributed by atoms with Crippen molar-refractivity contribution in [3.63, 3.8) is 0 Å². The Morgan fingerprint density at radius 3 is 2.46 bits per heavy atom. The molecule has 0 saturated heterocycles. The predicted molar refractivity (Wildman–Crippen MR) is 95.2 cm³/mol. The number of aromatic nitrogens is 3. The van der Waals surface area contributed by atoms with Crippen LogP contribution in [0.3, 0.4) is 0 Å². The van der Waals surface area contributed by atoms with E-state index in [4.69, 9.17) is 23.2 Å². The summed E-state index contributed by atoms with van der Waals surface area (Å²) < 4.78 is 1.62. The summed E-state index contributed by atoms with van der Waals surface area (Å²) in [6.07, 6.45) is 0. The molecule has 0 unspecified atom stereocenters. The van der Waals surface area contributed by atoms with Crippen molar-refractivity contribution in [3.05, 3.63) is 69.5 Å². The van der Waals surface area contributed by atoms with Gasteiger partial charge < -0.3 is 5.32 Å². The molecule has 3 aromatic rings. The number of nitrogens with one attached hydrogen (secondary N) is 1. The molecule has 3 rings (SSSR count). The molecule has 0 aliphatic rings. The minimum Gasteiger partial charge on any atom is -0.319 e. The highest BCUT2D eigenvalue weighted by atomic mass is 35.5. The van der Waals surface area contributed by atoms with Gasteiger partial charge >= 0.3 is 0 Å². The maximum absolute atomic E-state index is 12.5. The van der Waals surface area contributed by atoms with Crippen LogP contribution in [-0.4, -0.2) is 20.9 Å². The lowest BCUT2D eigenvalue weighted by molar-refractivity contribution is 0.102. The maximum Gasteiger partial charge on any atom is 0.278 e. The normalized spacial score (nSPS) is 10.7. The Kier molecular flexibility index (Phi) is 4.55. The van der Waals surface area contributed by atoms with Gasteiger partial charge in [-0.2, -0.15) is 0 Å². The summed E-state index contributed by atoms with van der Waals surface area (Å²) in [4.78, 5) is 12.5. The van der Waals surface area contributed by atoms with Gasteiger partial charge in [-0.1, -0.05) is 46.1 Å². The molecule has 1 N–H and O–H groups in total. The van der Waals surface area contributed by atoms with E-state index in [1.165, 1.54) is 0 Å². The lowest BCUT2D eigenvalue weighted by atomic mass is 10.2. The first-order chi connectivity index (χ1) is 11.5. The monoisotopic (exact) mass is 360 g/mol. The molecule has 0 fully saturated rings. The fourth-order valence-electron chi connectivity index (χ4n) is 2.24. The van der Waals surface area contributed by atoms with Gasteiger partial charge in [0.05, 0.1) is 22.1 Å². The zero-order valence-corrected chi connectivity index (χ0v) is 14.6. The molecule has 7 heteroatoms. The number of rotatable bonds is 3. The summed E-state index contributed by atoms with van der Waals surface area (Å²) in [7, 11) is 0. The van der Waals surface area contributed by atoms with Gasteiger partial charge in [-0.15, -0.1) is 5.10 Å². The van der Waals surface area contributed by atoms with Crippen molar-refractivity contribution in [2.24, 2.45) is 0 Å². The summed E-state index contributed by atoms with van der Waals surface area (Å²) in [5.41, 5.74) is 3.33. The number of carbonyl (C=O) groups excluding carboxylic acids is 1. The van der Waals surface area contributed by atoms with Gasteiger partial charge in [-0.05, 0) is 44.2 Å². The molecule has 0 atom stereocenters. The van der Waals surface area contributed by atoms with Crippen molar-refractivity contribution in [1.82, 2.24) is 15.0 Å². The smallest absolute Gasteiger partial charge is 0.278 e. The molecule has 122 valence electrons. The first-order valence-electron chi connectivity index (χ1n) is 7.21. The first kappa shape index (κ1) is 16.5. The van der Waals surface area contributed by atoms with E-state index in [1.54, 1.807) is 29.8 Å². The van der Waals surface area contributed by atoms with Crippen LogP contribution in [0, 0.1) is 13.8 Å². The number of hydrogen-bond acceptors (Lipinski definition) is 3. The van der Waals surface area contributed by atoms with E-state index < -0.39 is 0 Å². The molecule has 0 aliphatic carbocycles. The summed E-state index contributed by atoms with van der Waals surface area (Å²) in [5, 5.41) is 11.6. The van der Waals surface area contributed by atoms with E-state index in [2.05, 4.69) is 15.6 Å². The van der Waals surface area contributed by atoms with Crippen LogP contribution in [-0.2, 0) is 0 Å². The lowest BCUT2D eigenvalue weighted by Crippen LogP contribution is -2.14. The maximum atomic E-state index is 12.5. The highest BCUT2D eigenvalue weighted by Crippen LogP contribution is 2.26. The Balaban J connectivity index is 1.87. The number of benzene rings is 2. The Hall–Kier alpha value is -2.37. The van der Waals surface area contributed by atoms with Crippen molar-refractivity contribution in [3.8, 4) is 5.69 Å². The van der Waals surface area contributed by atoms with Crippen LogP contribution in [0.5, 0.6) is 0 Å². The SMILES string of the molecule is Cc1ccc(-n2nnc(C(=O)Nc3ccc(Cl)cc3Cl)c2C)cc1. The minimum atomic E-state index is -0.380. The van der Waals surface area contributed by atoms with E-state index in [-0.39, 0.29) is 11.6 Å². The second kappa shape index (κ2) is 6.63. The molecule has 5 nitrogen and oxygen atoms in total. The van der Waals surface area contributed by atoms with Crippen molar-refractivity contribution >= 4 is 34.8 Å². The topological polar surface area (TPSA) is 59.8 Å². The van der Waals surface area contributed by atoms with Crippen molar-refractivity contribution in [1.29, 1.82) is 0 Å². The molecule has 0 aliphatic heterocycles. The largest absolute Gasteiger partial charge is 0.319 e. The third-order valence-electron chi connectivity index (χ3n) is 3.57. The quantitative estimate of drug-likeness (QED) is 0.750. The zero-order valence-electron chi connectivity index (χ0n) is 13.0. The zero-order chi connectivity index (χ0) is 17.3. The number of aryl methyl sites for hydroxylation is 1. The Morgan fingerprint density at radius 2 is 1.79 bits per heavy atom. The van der Waals surface area contributed by atoms with E-state index in [0.717, 1.165) is 11.3 Å². The number of anilines is 1. The number of carbonyl (C=O) groups is 1. The minimum absolute atomic E-state index is 0.238. The average molecular weight is 361 g/mol. The third kappa shape index (κ3) is 3.27. The van der Waals surface area contributed by atoms with E-state index in [0.29, 0.717) is 21.4 Å². The van der Waals surface area contributed by atoms with Gasteiger partial charge in [0, 0.05) is 5.02 Å². The molecule has 0 radical (unpaired) electrons. The average Bonchev–Trinajstić information content (AvgIpc) is 2.92. The third-order valence-corrected chi connectivity index (χ3v) is 4.12. The molecular formula is C17H14Cl2N4O. The first-order valence-corrected chi connectivity index (χ1v) is 7.97. The summed E-state index contributed by atoms with van der Waals surface area (Å²) in [6.45, 7) is 3.80. The second-order valence-corrected chi connectivity index (χ2v) is 6.19. The molecule has 0 spiro atoms. The summed E-state index contributed by atoms with van der Waals surface area (Å²) in [6, 6.07) is 12.7. The standard InChI is InChI=1S/C17H14Cl2N4O/c1-10-3-6-13(7-4-10)23-11(2)16(21-22-23)17(24)20-15-8-5-12(18)9-14(15)19/h3-9H,1-2H3,(H,20,24). The molecule has 24 heavy (non-hydrogen) atoms. The van der Waals surface area contributed by atoms with Gasteiger partial charge in [0.15, 0.2) is 5.69 Å². The number of amides is 1. The van der Waals surface area contributed by atoms with Crippen LogP contribution in [0.1, 0.15) is 21.7 Å². The predicted octanol–water partition coefficient (Wildman–Crippen LogP) is 4.44. The fourth-order valence-corrected chi connectivity index (χ4v) is 2.70. The summed E-state index contributed by atoms with van der Waals surface area (Å²) >= 11 is 11.9. The van der Waals surface area contributed by atoms with Gasteiger partial charge in [-0.25, -0.2) is 4.68 Å². The van der Waals surface area contributed by atoms with E-state index in [9.17, 15) is 4.79 Å². The number of halogens is 2. The second-order valence-electron chi connectivity index (χ2n) is 5.35. The van der Waals surface area contributed by atoms with Crippen molar-refractivity contribution in [2.45, 2.75) is 13.8 Å². The molecule has 0 saturated carbocycles.